The second-order valence-electron chi connectivity index (χ2n) is 4.70. The second kappa shape index (κ2) is 5.80. The number of halogens is 1. The van der Waals surface area contributed by atoms with E-state index in [1.807, 2.05) is 13.0 Å². The van der Waals surface area contributed by atoms with Gasteiger partial charge in [-0.1, -0.05) is 19.8 Å². The summed E-state index contributed by atoms with van der Waals surface area (Å²) in [6.45, 7) is 5.35. The third-order valence-corrected chi connectivity index (χ3v) is 3.84. The van der Waals surface area contributed by atoms with Crippen molar-refractivity contribution < 1.29 is 0 Å². The first-order valence-electron chi connectivity index (χ1n) is 6.48. The van der Waals surface area contributed by atoms with Gasteiger partial charge in [0.25, 0.3) is 0 Å². The number of aryl methyl sites for hydroxylation is 1. The molecule has 2 rings (SSSR count). The van der Waals surface area contributed by atoms with Crippen LogP contribution in [-0.2, 0) is 0 Å². The first-order valence-corrected chi connectivity index (χ1v) is 7.28. The molecular formula is C13H20BrN3. The van der Waals surface area contributed by atoms with Gasteiger partial charge >= 0.3 is 0 Å². The summed E-state index contributed by atoms with van der Waals surface area (Å²) < 4.78 is 0.888. The predicted octanol–water partition coefficient (Wildman–Crippen LogP) is 3.71. The van der Waals surface area contributed by atoms with Gasteiger partial charge in [-0.15, -0.1) is 0 Å². The van der Waals surface area contributed by atoms with E-state index in [-0.39, 0.29) is 0 Å². The fourth-order valence-electron chi connectivity index (χ4n) is 2.57. The number of hydrogen-bond acceptors (Lipinski definition) is 3. The third kappa shape index (κ3) is 3.18. The third-order valence-electron chi connectivity index (χ3n) is 3.44. The minimum atomic E-state index is 0.638. The summed E-state index contributed by atoms with van der Waals surface area (Å²) in [5, 5.41) is 0. The second-order valence-corrected chi connectivity index (χ2v) is 5.51. The van der Waals surface area contributed by atoms with Crippen LogP contribution in [0.5, 0.6) is 0 Å². The van der Waals surface area contributed by atoms with E-state index in [9.17, 15) is 0 Å². The highest BCUT2D eigenvalue weighted by Gasteiger charge is 2.21. The van der Waals surface area contributed by atoms with Crippen molar-refractivity contribution in [3.8, 4) is 0 Å². The molecule has 0 aromatic carbocycles. The summed E-state index contributed by atoms with van der Waals surface area (Å²) in [4.78, 5) is 11.3. The van der Waals surface area contributed by atoms with Crippen molar-refractivity contribution in [3.63, 3.8) is 0 Å². The zero-order valence-corrected chi connectivity index (χ0v) is 12.2. The molecule has 1 unspecified atom stereocenters. The maximum absolute atomic E-state index is 4.58. The molecule has 1 aromatic heterocycles. The Morgan fingerprint density at radius 1 is 1.35 bits per heavy atom. The van der Waals surface area contributed by atoms with Crippen molar-refractivity contribution in [2.45, 2.75) is 52.0 Å². The Bertz CT molecular complexity index is 361. The van der Waals surface area contributed by atoms with Crippen LogP contribution < -0.4 is 4.90 Å². The van der Waals surface area contributed by atoms with Crippen LogP contribution in [0.25, 0.3) is 0 Å². The van der Waals surface area contributed by atoms with E-state index in [0.29, 0.717) is 6.04 Å². The lowest BCUT2D eigenvalue weighted by Crippen LogP contribution is -2.35. The Labute approximate surface area is 112 Å². The molecule has 4 heteroatoms. The van der Waals surface area contributed by atoms with E-state index in [4.69, 9.17) is 0 Å². The van der Waals surface area contributed by atoms with Crippen LogP contribution in [0.3, 0.4) is 0 Å². The van der Waals surface area contributed by atoms with Gasteiger partial charge in [0.05, 0.1) is 0 Å². The SMILES string of the molecule is CCC1CCCCCN1c1cc(Br)nc(C)n1. The molecule has 0 bridgehead atoms. The summed E-state index contributed by atoms with van der Waals surface area (Å²) in [7, 11) is 0. The molecule has 1 atom stereocenters. The molecule has 0 radical (unpaired) electrons. The van der Waals surface area contributed by atoms with E-state index < -0.39 is 0 Å². The number of nitrogens with zero attached hydrogens (tertiary/aromatic N) is 3. The molecule has 0 amide bonds. The Kier molecular flexibility index (Phi) is 4.37. The van der Waals surface area contributed by atoms with Gasteiger partial charge in [0.15, 0.2) is 0 Å². The lowest BCUT2D eigenvalue weighted by Gasteiger charge is -2.30. The fraction of sp³-hybridized carbons (Fsp3) is 0.692. The molecular weight excluding hydrogens is 278 g/mol. The van der Waals surface area contributed by atoms with E-state index >= 15 is 0 Å². The summed E-state index contributed by atoms with van der Waals surface area (Å²) in [5.74, 6) is 1.92. The van der Waals surface area contributed by atoms with Crippen LogP contribution in [0, 0.1) is 6.92 Å². The quantitative estimate of drug-likeness (QED) is 0.779. The van der Waals surface area contributed by atoms with Gasteiger partial charge in [-0.25, -0.2) is 9.97 Å². The van der Waals surface area contributed by atoms with Gasteiger partial charge in [0.2, 0.25) is 0 Å². The van der Waals surface area contributed by atoms with E-state index in [2.05, 4.69) is 37.7 Å². The summed E-state index contributed by atoms with van der Waals surface area (Å²) >= 11 is 3.46. The molecule has 2 heterocycles. The molecule has 17 heavy (non-hydrogen) atoms. The van der Waals surface area contributed by atoms with Crippen LogP contribution in [0.2, 0.25) is 0 Å². The Morgan fingerprint density at radius 2 is 2.18 bits per heavy atom. The normalized spacial score (nSPS) is 21.4. The smallest absolute Gasteiger partial charge is 0.133 e. The average Bonchev–Trinajstić information content (AvgIpc) is 2.52. The van der Waals surface area contributed by atoms with E-state index in [1.165, 1.54) is 32.1 Å². The highest BCUT2D eigenvalue weighted by molar-refractivity contribution is 9.10. The molecule has 1 fully saturated rings. The Balaban J connectivity index is 2.27. The fourth-order valence-corrected chi connectivity index (χ4v) is 3.03. The van der Waals surface area contributed by atoms with Crippen molar-refractivity contribution in [1.82, 2.24) is 9.97 Å². The van der Waals surface area contributed by atoms with E-state index in [0.717, 1.165) is 22.8 Å². The highest BCUT2D eigenvalue weighted by Crippen LogP contribution is 2.25. The number of hydrogen-bond donors (Lipinski definition) is 0. The Hall–Kier alpha value is -0.640. The molecule has 0 aliphatic carbocycles. The first-order chi connectivity index (χ1) is 8.20. The lowest BCUT2D eigenvalue weighted by atomic mass is 10.1. The summed E-state index contributed by atoms with van der Waals surface area (Å²) in [6.07, 6.45) is 6.45. The predicted molar refractivity (Wildman–Crippen MR) is 74.4 cm³/mol. The minimum absolute atomic E-state index is 0.638. The Morgan fingerprint density at radius 3 is 2.88 bits per heavy atom. The highest BCUT2D eigenvalue weighted by atomic mass is 79.9. The van der Waals surface area contributed by atoms with Gasteiger partial charge < -0.3 is 4.90 Å². The van der Waals surface area contributed by atoms with Crippen LogP contribution in [0.15, 0.2) is 10.7 Å². The van der Waals surface area contributed by atoms with Gasteiger partial charge in [0.1, 0.15) is 16.2 Å². The molecule has 1 aliphatic heterocycles. The average molecular weight is 298 g/mol. The summed E-state index contributed by atoms with van der Waals surface area (Å²) in [6, 6.07) is 2.68. The van der Waals surface area contributed by atoms with Gasteiger partial charge in [-0.2, -0.15) is 0 Å². The largest absolute Gasteiger partial charge is 0.354 e. The van der Waals surface area contributed by atoms with Crippen molar-refractivity contribution in [2.24, 2.45) is 0 Å². The molecule has 0 N–H and O–H groups in total. The molecule has 94 valence electrons. The molecule has 1 aromatic rings. The van der Waals surface area contributed by atoms with E-state index in [1.54, 1.807) is 0 Å². The first kappa shape index (κ1) is 12.8. The topological polar surface area (TPSA) is 29.0 Å². The zero-order valence-electron chi connectivity index (χ0n) is 10.6. The molecule has 1 aliphatic rings. The van der Waals surface area contributed by atoms with Gasteiger partial charge in [-0.05, 0) is 42.1 Å². The number of anilines is 1. The van der Waals surface area contributed by atoms with Crippen LogP contribution >= 0.6 is 15.9 Å². The minimum Gasteiger partial charge on any atom is -0.354 e. The standard InChI is InChI=1S/C13H20BrN3/c1-3-11-7-5-4-6-8-17(11)13-9-12(14)15-10(2)16-13/h9,11H,3-8H2,1-2H3. The van der Waals surface area contributed by atoms with Crippen LogP contribution in [0.4, 0.5) is 5.82 Å². The lowest BCUT2D eigenvalue weighted by molar-refractivity contribution is 0.551. The van der Waals surface area contributed by atoms with Gasteiger partial charge in [0, 0.05) is 18.7 Å². The molecule has 0 spiro atoms. The molecule has 0 saturated carbocycles. The maximum Gasteiger partial charge on any atom is 0.133 e. The van der Waals surface area contributed by atoms with Crippen molar-refractivity contribution in [3.05, 3.63) is 16.5 Å². The van der Waals surface area contributed by atoms with Crippen molar-refractivity contribution in [2.75, 3.05) is 11.4 Å². The zero-order chi connectivity index (χ0) is 12.3. The van der Waals surface area contributed by atoms with Crippen LogP contribution in [0.1, 0.15) is 44.9 Å². The molecule has 1 saturated heterocycles. The van der Waals surface area contributed by atoms with Crippen molar-refractivity contribution >= 4 is 21.7 Å². The van der Waals surface area contributed by atoms with Gasteiger partial charge in [-0.3, -0.25) is 0 Å². The summed E-state index contributed by atoms with van der Waals surface area (Å²) in [5.41, 5.74) is 0. The monoisotopic (exact) mass is 297 g/mol. The molecule has 3 nitrogen and oxygen atoms in total. The van der Waals surface area contributed by atoms with Crippen molar-refractivity contribution in [1.29, 1.82) is 0 Å². The number of aromatic nitrogens is 2. The number of rotatable bonds is 2. The maximum atomic E-state index is 4.58. The van der Waals surface area contributed by atoms with Crippen LogP contribution in [-0.4, -0.2) is 22.6 Å².